The maximum atomic E-state index is 13.3. The molecule has 0 saturated heterocycles. The van der Waals surface area contributed by atoms with E-state index in [1.165, 1.54) is 63.9 Å². The topological polar surface area (TPSA) is 44.1 Å². The second-order valence-corrected chi connectivity index (χ2v) is 11.8. The van der Waals surface area contributed by atoms with Gasteiger partial charge in [-0.25, -0.2) is 4.98 Å². The molecule has 8 atom stereocenters. The molecular weight excluding hydrogens is 391 g/mol. The summed E-state index contributed by atoms with van der Waals surface area (Å²) < 4.78 is 20.4. The maximum absolute atomic E-state index is 13.3. The van der Waals surface area contributed by atoms with E-state index < -0.39 is 5.95 Å². The van der Waals surface area contributed by atoms with Crippen molar-refractivity contribution in [2.45, 2.75) is 78.2 Å². The highest BCUT2D eigenvalue weighted by molar-refractivity contribution is 5.82. The summed E-state index contributed by atoms with van der Waals surface area (Å²) in [6, 6.07) is 0. The maximum Gasteiger partial charge on any atom is 0.230 e. The standard InChI is InChI=1S/C26H39FN2O2/c1-25-10-8-17(15-31-3)12-18(25)4-5-19-20-6-7-22(26(20,2)11-9-21(19)25)23(30)13-29-14-24(27)28-16-29/h14,16-22H,4-13,15H2,1-3H3/t17?,18?,19?,20?,21?,22-,25?,26?/m1/s1. The Hall–Kier alpha value is -1.23. The predicted octanol–water partition coefficient (Wildman–Crippen LogP) is 5.51. The number of aromatic nitrogens is 2. The average Bonchev–Trinajstić information content (AvgIpc) is 3.30. The number of carbonyl (C=O) groups excluding carboxylic acids is 1. The fraction of sp³-hybridized carbons (Fsp3) is 0.846. The molecule has 0 N–H and O–H groups in total. The first-order valence-corrected chi connectivity index (χ1v) is 12.5. The van der Waals surface area contributed by atoms with Gasteiger partial charge in [-0.3, -0.25) is 4.79 Å². The zero-order valence-corrected chi connectivity index (χ0v) is 19.5. The predicted molar refractivity (Wildman–Crippen MR) is 118 cm³/mol. The van der Waals surface area contributed by atoms with Crippen LogP contribution in [0.4, 0.5) is 4.39 Å². The molecule has 0 bridgehead atoms. The molecule has 0 radical (unpaired) electrons. The molecule has 172 valence electrons. The number of methoxy groups -OCH3 is 1. The first kappa shape index (κ1) is 21.6. The van der Waals surface area contributed by atoms with Crippen LogP contribution >= 0.6 is 0 Å². The number of ketones is 1. The van der Waals surface area contributed by atoms with Crippen molar-refractivity contribution < 1.29 is 13.9 Å². The van der Waals surface area contributed by atoms with Gasteiger partial charge in [-0.1, -0.05) is 13.8 Å². The molecule has 4 aliphatic carbocycles. The third kappa shape index (κ3) is 3.50. The quantitative estimate of drug-likeness (QED) is 0.618. The number of Topliss-reactive ketones (excluding diaryl/α,β-unsaturated/α-hetero) is 1. The summed E-state index contributed by atoms with van der Waals surface area (Å²) in [6.45, 7) is 6.19. The summed E-state index contributed by atoms with van der Waals surface area (Å²) >= 11 is 0. The minimum atomic E-state index is -0.506. The minimum Gasteiger partial charge on any atom is -0.384 e. The third-order valence-corrected chi connectivity index (χ3v) is 10.5. The van der Waals surface area contributed by atoms with Gasteiger partial charge in [0, 0.05) is 19.6 Å². The Kier molecular flexibility index (Phi) is 5.55. The van der Waals surface area contributed by atoms with Crippen molar-refractivity contribution in [1.82, 2.24) is 9.55 Å². The summed E-state index contributed by atoms with van der Waals surface area (Å²) in [5.74, 6) is 3.76. The number of ether oxygens (including phenoxy) is 1. The molecule has 5 heteroatoms. The fourth-order valence-corrected chi connectivity index (χ4v) is 8.97. The van der Waals surface area contributed by atoms with Gasteiger partial charge in [0.1, 0.15) is 0 Å². The second-order valence-electron chi connectivity index (χ2n) is 11.8. The Labute approximate surface area is 186 Å². The number of fused-ring (bicyclic) bond motifs is 5. The van der Waals surface area contributed by atoms with E-state index in [4.69, 9.17) is 4.74 Å². The normalized spacial score (nSPS) is 44.4. The number of hydrogen-bond donors (Lipinski definition) is 0. The summed E-state index contributed by atoms with van der Waals surface area (Å²) in [5.41, 5.74) is 0.596. The Bertz CT molecular complexity index is 824. The number of nitrogens with zero attached hydrogens (tertiary/aromatic N) is 2. The highest BCUT2D eigenvalue weighted by atomic mass is 19.1. The lowest BCUT2D eigenvalue weighted by molar-refractivity contribution is -0.138. The fourth-order valence-electron chi connectivity index (χ4n) is 8.97. The SMILES string of the molecule is COCC1CCC2(C)C(CCC3C2CCC2(C)C3CC[C@@H]2C(=O)Cn2cnc(F)c2)C1. The molecule has 1 heterocycles. The molecule has 7 unspecified atom stereocenters. The average molecular weight is 431 g/mol. The Morgan fingerprint density at radius 3 is 2.65 bits per heavy atom. The molecule has 1 aromatic rings. The van der Waals surface area contributed by atoms with Crippen LogP contribution < -0.4 is 0 Å². The molecule has 4 fully saturated rings. The zero-order chi connectivity index (χ0) is 21.8. The van der Waals surface area contributed by atoms with E-state index in [1.807, 2.05) is 7.11 Å². The van der Waals surface area contributed by atoms with Crippen LogP contribution in [-0.2, 0) is 16.1 Å². The van der Waals surface area contributed by atoms with Gasteiger partial charge in [0.2, 0.25) is 5.95 Å². The molecule has 0 aromatic carbocycles. The van der Waals surface area contributed by atoms with Crippen molar-refractivity contribution in [2.75, 3.05) is 13.7 Å². The Morgan fingerprint density at radius 2 is 1.90 bits per heavy atom. The highest BCUT2D eigenvalue weighted by Crippen LogP contribution is 2.67. The molecule has 0 amide bonds. The second kappa shape index (κ2) is 7.97. The number of halogens is 1. The van der Waals surface area contributed by atoms with Gasteiger partial charge in [-0.15, -0.1) is 0 Å². The molecule has 0 aliphatic heterocycles. The van der Waals surface area contributed by atoms with Gasteiger partial charge in [0.05, 0.1) is 19.1 Å². The molecule has 5 rings (SSSR count). The monoisotopic (exact) mass is 430 g/mol. The number of hydrogen-bond acceptors (Lipinski definition) is 3. The third-order valence-electron chi connectivity index (χ3n) is 10.5. The number of imidazole rings is 1. The molecule has 31 heavy (non-hydrogen) atoms. The minimum absolute atomic E-state index is 0.117. The highest BCUT2D eigenvalue weighted by Gasteiger charge is 2.61. The lowest BCUT2D eigenvalue weighted by atomic mass is 9.44. The molecule has 1 aromatic heterocycles. The summed E-state index contributed by atoms with van der Waals surface area (Å²) in [6.07, 6.45) is 14.2. The van der Waals surface area contributed by atoms with Gasteiger partial charge in [0.25, 0.3) is 0 Å². The first-order valence-electron chi connectivity index (χ1n) is 12.5. The first-order chi connectivity index (χ1) is 14.8. The summed E-state index contributed by atoms with van der Waals surface area (Å²) in [5, 5.41) is 0. The molecule has 4 nitrogen and oxygen atoms in total. The van der Waals surface area contributed by atoms with Crippen molar-refractivity contribution >= 4 is 5.78 Å². The molecule has 0 spiro atoms. The lowest BCUT2D eigenvalue weighted by Crippen LogP contribution is -2.54. The number of rotatable bonds is 5. The van der Waals surface area contributed by atoms with Gasteiger partial charge >= 0.3 is 0 Å². The smallest absolute Gasteiger partial charge is 0.230 e. The van der Waals surface area contributed by atoms with Crippen LogP contribution in [0.3, 0.4) is 0 Å². The van der Waals surface area contributed by atoms with Crippen LogP contribution in [0.2, 0.25) is 0 Å². The van der Waals surface area contributed by atoms with Crippen molar-refractivity contribution in [3.8, 4) is 0 Å². The van der Waals surface area contributed by atoms with E-state index in [2.05, 4.69) is 18.8 Å². The van der Waals surface area contributed by atoms with Gasteiger partial charge < -0.3 is 9.30 Å². The van der Waals surface area contributed by atoms with E-state index >= 15 is 0 Å². The van der Waals surface area contributed by atoms with E-state index in [0.717, 1.165) is 36.7 Å². The Balaban J connectivity index is 1.31. The van der Waals surface area contributed by atoms with Gasteiger partial charge in [-0.05, 0) is 98.2 Å². The van der Waals surface area contributed by atoms with Crippen LogP contribution in [-0.4, -0.2) is 29.1 Å². The molecule has 4 aliphatic rings. The lowest BCUT2D eigenvalue weighted by Gasteiger charge is -2.61. The van der Waals surface area contributed by atoms with Crippen molar-refractivity contribution in [3.05, 3.63) is 18.5 Å². The molecular formula is C26H39FN2O2. The molecule has 4 saturated carbocycles. The van der Waals surface area contributed by atoms with Crippen LogP contribution in [0.15, 0.2) is 12.5 Å². The largest absolute Gasteiger partial charge is 0.384 e. The zero-order valence-electron chi connectivity index (χ0n) is 19.5. The van der Waals surface area contributed by atoms with Crippen molar-refractivity contribution in [2.24, 2.45) is 46.3 Å². The van der Waals surface area contributed by atoms with Crippen molar-refractivity contribution in [1.29, 1.82) is 0 Å². The van der Waals surface area contributed by atoms with Crippen LogP contribution in [0.5, 0.6) is 0 Å². The van der Waals surface area contributed by atoms with Crippen LogP contribution in [0, 0.1) is 52.3 Å². The summed E-state index contributed by atoms with van der Waals surface area (Å²) in [7, 11) is 1.84. The van der Waals surface area contributed by atoms with Gasteiger partial charge in [-0.2, -0.15) is 4.39 Å². The summed E-state index contributed by atoms with van der Waals surface area (Å²) in [4.78, 5) is 16.9. The van der Waals surface area contributed by atoms with Crippen LogP contribution in [0.25, 0.3) is 0 Å². The van der Waals surface area contributed by atoms with E-state index in [9.17, 15) is 9.18 Å². The van der Waals surface area contributed by atoms with E-state index in [0.29, 0.717) is 11.3 Å². The number of carbonyl (C=O) groups is 1. The van der Waals surface area contributed by atoms with E-state index in [1.54, 1.807) is 4.57 Å². The van der Waals surface area contributed by atoms with Gasteiger partial charge in [0.15, 0.2) is 5.78 Å². The van der Waals surface area contributed by atoms with E-state index in [-0.39, 0.29) is 23.7 Å². The Morgan fingerprint density at radius 1 is 1.13 bits per heavy atom. The van der Waals surface area contributed by atoms with Crippen LogP contribution in [0.1, 0.15) is 71.6 Å². The van der Waals surface area contributed by atoms with Crippen molar-refractivity contribution in [3.63, 3.8) is 0 Å².